The highest BCUT2D eigenvalue weighted by Crippen LogP contribution is 2.19. The third-order valence-electron chi connectivity index (χ3n) is 2.87. The van der Waals surface area contributed by atoms with Gasteiger partial charge in [-0.2, -0.15) is 0 Å². The molecule has 0 aliphatic heterocycles. The van der Waals surface area contributed by atoms with E-state index in [1.54, 1.807) is 7.05 Å². The lowest BCUT2D eigenvalue weighted by Gasteiger charge is -2.21. The molecule has 112 valence electrons. The van der Waals surface area contributed by atoms with Crippen molar-refractivity contribution in [3.63, 3.8) is 0 Å². The second-order valence-electron chi connectivity index (χ2n) is 5.84. The van der Waals surface area contributed by atoms with Crippen LogP contribution in [0.15, 0.2) is 24.3 Å². The van der Waals surface area contributed by atoms with Gasteiger partial charge in [0.25, 0.3) is 0 Å². The van der Waals surface area contributed by atoms with Crippen molar-refractivity contribution in [2.75, 3.05) is 13.7 Å². The number of para-hydroxylation sites is 1. The minimum atomic E-state index is 0.0521. The van der Waals surface area contributed by atoms with Gasteiger partial charge in [0.05, 0.1) is 6.61 Å². The van der Waals surface area contributed by atoms with E-state index in [1.165, 1.54) is 0 Å². The highest BCUT2D eigenvalue weighted by Gasteiger charge is 2.10. The molecule has 4 nitrogen and oxygen atoms in total. The van der Waals surface area contributed by atoms with Crippen LogP contribution in [0, 0.1) is 0 Å². The fourth-order valence-electron chi connectivity index (χ4n) is 1.69. The van der Waals surface area contributed by atoms with Crippen LogP contribution in [0.25, 0.3) is 0 Å². The standard InChI is InChI=1S/C16H26N2O2/c1-16(2,3)18-12-13-8-5-6-9-14(13)20-11-7-10-15(19)17-4/h5-6,8-9,18H,7,10-12H2,1-4H3,(H,17,19). The number of benzene rings is 1. The van der Waals surface area contributed by atoms with Gasteiger partial charge in [-0.05, 0) is 33.3 Å². The maximum atomic E-state index is 11.1. The minimum Gasteiger partial charge on any atom is -0.493 e. The zero-order valence-electron chi connectivity index (χ0n) is 13.0. The molecule has 0 spiro atoms. The van der Waals surface area contributed by atoms with Crippen LogP contribution in [0.2, 0.25) is 0 Å². The van der Waals surface area contributed by atoms with Crippen LogP contribution in [-0.4, -0.2) is 25.1 Å². The number of carbonyl (C=O) groups excluding carboxylic acids is 1. The van der Waals surface area contributed by atoms with Crippen molar-refractivity contribution in [3.8, 4) is 5.75 Å². The summed E-state index contributed by atoms with van der Waals surface area (Å²) in [6.07, 6.45) is 1.22. The molecule has 0 saturated heterocycles. The molecule has 20 heavy (non-hydrogen) atoms. The molecule has 0 saturated carbocycles. The molecule has 0 aliphatic rings. The van der Waals surface area contributed by atoms with Crippen molar-refractivity contribution >= 4 is 5.91 Å². The van der Waals surface area contributed by atoms with Crippen LogP contribution < -0.4 is 15.4 Å². The van der Waals surface area contributed by atoms with E-state index in [1.807, 2.05) is 18.2 Å². The smallest absolute Gasteiger partial charge is 0.219 e. The molecule has 4 heteroatoms. The fraction of sp³-hybridized carbons (Fsp3) is 0.562. The largest absolute Gasteiger partial charge is 0.493 e. The van der Waals surface area contributed by atoms with Gasteiger partial charge < -0.3 is 15.4 Å². The fourth-order valence-corrected chi connectivity index (χ4v) is 1.69. The van der Waals surface area contributed by atoms with Crippen LogP contribution in [0.3, 0.4) is 0 Å². The van der Waals surface area contributed by atoms with E-state index in [-0.39, 0.29) is 11.4 Å². The number of rotatable bonds is 7. The Bertz CT molecular complexity index is 425. The first-order chi connectivity index (χ1) is 9.42. The first kappa shape index (κ1) is 16.5. The number of nitrogens with one attached hydrogen (secondary N) is 2. The van der Waals surface area contributed by atoms with Crippen molar-refractivity contribution in [2.24, 2.45) is 0 Å². The van der Waals surface area contributed by atoms with Crippen LogP contribution >= 0.6 is 0 Å². The summed E-state index contributed by atoms with van der Waals surface area (Å²) in [7, 11) is 1.65. The zero-order chi connectivity index (χ0) is 15.0. The Kier molecular flexibility index (Phi) is 6.52. The molecular weight excluding hydrogens is 252 g/mol. The highest BCUT2D eigenvalue weighted by atomic mass is 16.5. The number of carbonyl (C=O) groups is 1. The number of hydrogen-bond acceptors (Lipinski definition) is 3. The first-order valence-electron chi connectivity index (χ1n) is 7.08. The van der Waals surface area contributed by atoms with E-state index in [0.29, 0.717) is 13.0 Å². The lowest BCUT2D eigenvalue weighted by atomic mass is 10.1. The topological polar surface area (TPSA) is 50.4 Å². The average Bonchev–Trinajstić information content (AvgIpc) is 2.41. The third-order valence-corrected chi connectivity index (χ3v) is 2.87. The second-order valence-corrected chi connectivity index (χ2v) is 5.84. The van der Waals surface area contributed by atoms with Gasteiger partial charge in [-0.25, -0.2) is 0 Å². The van der Waals surface area contributed by atoms with Crippen LogP contribution in [-0.2, 0) is 11.3 Å². The molecule has 0 heterocycles. The summed E-state index contributed by atoms with van der Waals surface area (Å²) < 4.78 is 5.78. The lowest BCUT2D eigenvalue weighted by molar-refractivity contribution is -0.120. The quantitative estimate of drug-likeness (QED) is 0.753. The Balaban J connectivity index is 2.47. The SMILES string of the molecule is CNC(=O)CCCOc1ccccc1CNC(C)(C)C. The van der Waals surface area contributed by atoms with Gasteiger partial charge in [0.2, 0.25) is 5.91 Å². The molecule has 0 aromatic heterocycles. The molecule has 1 aromatic carbocycles. The molecule has 0 radical (unpaired) electrons. The van der Waals surface area contributed by atoms with E-state index >= 15 is 0 Å². The number of ether oxygens (including phenoxy) is 1. The molecule has 0 atom stereocenters. The van der Waals surface area contributed by atoms with E-state index in [0.717, 1.165) is 24.3 Å². The van der Waals surface area contributed by atoms with Crippen molar-refractivity contribution in [1.82, 2.24) is 10.6 Å². The zero-order valence-corrected chi connectivity index (χ0v) is 13.0. The predicted molar refractivity (Wildman–Crippen MR) is 81.8 cm³/mol. The summed E-state index contributed by atoms with van der Waals surface area (Å²) in [5.41, 5.74) is 1.22. The van der Waals surface area contributed by atoms with Crippen molar-refractivity contribution in [1.29, 1.82) is 0 Å². The Morgan fingerprint density at radius 1 is 1.25 bits per heavy atom. The van der Waals surface area contributed by atoms with E-state index in [2.05, 4.69) is 37.5 Å². The lowest BCUT2D eigenvalue weighted by Crippen LogP contribution is -2.35. The molecule has 0 unspecified atom stereocenters. The van der Waals surface area contributed by atoms with Crippen molar-refractivity contribution in [2.45, 2.75) is 45.7 Å². The van der Waals surface area contributed by atoms with Crippen LogP contribution in [0.1, 0.15) is 39.2 Å². The predicted octanol–water partition coefficient (Wildman–Crippen LogP) is 2.48. The molecule has 0 fully saturated rings. The maximum absolute atomic E-state index is 11.1. The summed E-state index contributed by atoms with van der Waals surface area (Å²) in [6, 6.07) is 8.01. The maximum Gasteiger partial charge on any atom is 0.219 e. The normalized spacial score (nSPS) is 11.2. The van der Waals surface area contributed by atoms with E-state index in [4.69, 9.17) is 4.74 Å². The van der Waals surface area contributed by atoms with Gasteiger partial charge in [-0.3, -0.25) is 4.79 Å². The minimum absolute atomic E-state index is 0.0521. The van der Waals surface area contributed by atoms with Gasteiger partial charge in [-0.15, -0.1) is 0 Å². The molecule has 0 bridgehead atoms. The molecule has 1 aromatic rings. The third kappa shape index (κ3) is 6.57. The summed E-state index contributed by atoms with van der Waals surface area (Å²) in [5, 5.41) is 6.06. The van der Waals surface area contributed by atoms with Crippen LogP contribution in [0.4, 0.5) is 0 Å². The van der Waals surface area contributed by atoms with E-state index < -0.39 is 0 Å². The van der Waals surface area contributed by atoms with Gasteiger partial charge in [0, 0.05) is 31.1 Å². The molecule has 0 aliphatic carbocycles. The Morgan fingerprint density at radius 2 is 1.95 bits per heavy atom. The van der Waals surface area contributed by atoms with Crippen LogP contribution in [0.5, 0.6) is 5.75 Å². The number of amides is 1. The van der Waals surface area contributed by atoms with E-state index in [9.17, 15) is 4.79 Å². The van der Waals surface area contributed by atoms with Crippen molar-refractivity contribution < 1.29 is 9.53 Å². The molecular formula is C16H26N2O2. The molecule has 2 N–H and O–H groups in total. The van der Waals surface area contributed by atoms with Gasteiger partial charge in [0.15, 0.2) is 0 Å². The Morgan fingerprint density at radius 3 is 2.60 bits per heavy atom. The second kappa shape index (κ2) is 7.90. The first-order valence-corrected chi connectivity index (χ1v) is 7.08. The highest BCUT2D eigenvalue weighted by molar-refractivity contribution is 5.75. The number of hydrogen-bond donors (Lipinski definition) is 2. The summed E-state index contributed by atoms with van der Waals surface area (Å²) in [5.74, 6) is 0.942. The summed E-state index contributed by atoms with van der Waals surface area (Å²) >= 11 is 0. The van der Waals surface area contributed by atoms with Gasteiger partial charge >= 0.3 is 0 Å². The summed E-state index contributed by atoms with van der Waals surface area (Å²) in [4.78, 5) is 11.1. The Hall–Kier alpha value is -1.55. The monoisotopic (exact) mass is 278 g/mol. The van der Waals surface area contributed by atoms with Crippen molar-refractivity contribution in [3.05, 3.63) is 29.8 Å². The molecule has 1 amide bonds. The molecule has 1 rings (SSSR count). The van der Waals surface area contributed by atoms with Gasteiger partial charge in [0.1, 0.15) is 5.75 Å². The Labute approximate surface area is 121 Å². The average molecular weight is 278 g/mol. The van der Waals surface area contributed by atoms with Gasteiger partial charge in [-0.1, -0.05) is 18.2 Å². The summed E-state index contributed by atoms with van der Waals surface area (Å²) in [6.45, 7) is 7.74.